The summed E-state index contributed by atoms with van der Waals surface area (Å²) in [4.78, 5) is 17.5. The van der Waals surface area contributed by atoms with E-state index in [1.807, 2.05) is 0 Å². The van der Waals surface area contributed by atoms with Crippen molar-refractivity contribution in [2.75, 3.05) is 0 Å². The van der Waals surface area contributed by atoms with Gasteiger partial charge in [-0.1, -0.05) is 6.07 Å². The Hall–Kier alpha value is -2.54. The Morgan fingerprint density at radius 2 is 2.00 bits per heavy atom. The van der Waals surface area contributed by atoms with Crippen LogP contribution in [0.15, 0.2) is 30.5 Å². The van der Waals surface area contributed by atoms with Crippen LogP contribution in [0, 0.1) is 18.6 Å². The van der Waals surface area contributed by atoms with Gasteiger partial charge in [0, 0.05) is 18.8 Å². The van der Waals surface area contributed by atoms with Crippen LogP contribution in [0.3, 0.4) is 0 Å². The van der Waals surface area contributed by atoms with E-state index in [-0.39, 0.29) is 24.2 Å². The quantitative estimate of drug-likeness (QED) is 0.923. The zero-order chi connectivity index (χ0) is 18.1. The number of nitrogens with zero attached hydrogens (tertiary/aromatic N) is 2. The van der Waals surface area contributed by atoms with Gasteiger partial charge in [0.1, 0.15) is 0 Å². The number of aromatic nitrogens is 1. The molecule has 5 nitrogen and oxygen atoms in total. The molecule has 1 aromatic carbocycles. The normalized spacial score (nSPS) is 20.2. The van der Waals surface area contributed by atoms with E-state index >= 15 is 0 Å². The summed E-state index contributed by atoms with van der Waals surface area (Å²) in [5, 5.41) is 9.73. The molecule has 1 amide bonds. The van der Waals surface area contributed by atoms with E-state index in [0.29, 0.717) is 12.1 Å². The first kappa shape index (κ1) is 17.3. The second-order valence-corrected chi connectivity index (χ2v) is 6.20. The minimum absolute atomic E-state index is 0.0474. The van der Waals surface area contributed by atoms with Crippen molar-refractivity contribution in [3.8, 4) is 11.6 Å². The molecule has 0 spiro atoms. The second-order valence-electron chi connectivity index (χ2n) is 6.20. The molecule has 1 saturated heterocycles. The zero-order valence-electron chi connectivity index (χ0n) is 13.9. The van der Waals surface area contributed by atoms with E-state index in [0.717, 1.165) is 5.56 Å². The Balaban J connectivity index is 1.72. The molecule has 0 saturated carbocycles. The molecule has 1 aromatic heterocycles. The lowest BCUT2D eigenvalue weighted by atomic mass is 10.2. The van der Waals surface area contributed by atoms with Crippen LogP contribution in [-0.2, 0) is 11.3 Å². The first-order valence-corrected chi connectivity index (χ1v) is 7.91. The van der Waals surface area contributed by atoms with Crippen LogP contribution < -0.4 is 4.74 Å². The van der Waals surface area contributed by atoms with Crippen molar-refractivity contribution in [2.45, 2.75) is 39.0 Å². The lowest BCUT2D eigenvalue weighted by Gasteiger charge is -2.22. The van der Waals surface area contributed by atoms with Crippen molar-refractivity contribution in [3.63, 3.8) is 0 Å². The molecule has 0 aliphatic carbocycles. The van der Waals surface area contributed by atoms with Gasteiger partial charge in [-0.3, -0.25) is 4.79 Å². The molecule has 2 atom stereocenters. The van der Waals surface area contributed by atoms with Gasteiger partial charge in [0.05, 0.1) is 18.6 Å². The number of amides is 1. The van der Waals surface area contributed by atoms with Gasteiger partial charge in [-0.05, 0) is 37.1 Å². The number of likely N-dealkylation sites (tertiary alicyclic amines) is 1. The molecule has 1 fully saturated rings. The number of hydrogen-bond acceptors (Lipinski definition) is 4. The molecule has 1 aliphatic rings. The van der Waals surface area contributed by atoms with Gasteiger partial charge in [0.25, 0.3) is 0 Å². The molecular weight excluding hydrogens is 330 g/mol. The topological polar surface area (TPSA) is 62.7 Å². The summed E-state index contributed by atoms with van der Waals surface area (Å²) in [7, 11) is 0. The van der Waals surface area contributed by atoms with Gasteiger partial charge in [-0.2, -0.15) is 0 Å². The molecule has 2 aromatic rings. The summed E-state index contributed by atoms with van der Waals surface area (Å²) in [5.74, 6) is -2.17. The fraction of sp³-hybridized carbons (Fsp3) is 0.333. The van der Waals surface area contributed by atoms with Gasteiger partial charge < -0.3 is 14.7 Å². The van der Waals surface area contributed by atoms with E-state index < -0.39 is 23.5 Å². The molecule has 3 rings (SSSR count). The number of benzene rings is 1. The van der Waals surface area contributed by atoms with E-state index in [2.05, 4.69) is 4.98 Å². The van der Waals surface area contributed by atoms with Crippen LogP contribution in [0.1, 0.15) is 24.5 Å². The number of hydrogen-bond donors (Lipinski definition) is 1. The highest BCUT2D eigenvalue weighted by atomic mass is 19.1. The molecular formula is C18H18F2N2O3. The number of aliphatic hydroxyl groups is 1. The average Bonchev–Trinajstić information content (AvgIpc) is 2.78. The molecule has 1 N–H and O–H groups in total. The van der Waals surface area contributed by atoms with Crippen molar-refractivity contribution in [3.05, 3.63) is 53.2 Å². The second kappa shape index (κ2) is 6.76. The molecule has 0 radical (unpaired) electrons. The Morgan fingerprint density at radius 1 is 1.32 bits per heavy atom. The van der Waals surface area contributed by atoms with E-state index in [4.69, 9.17) is 4.74 Å². The maximum atomic E-state index is 13.8. The maximum Gasteiger partial charge on any atom is 0.225 e. The van der Waals surface area contributed by atoms with Crippen molar-refractivity contribution in [1.29, 1.82) is 0 Å². The van der Waals surface area contributed by atoms with Crippen LogP contribution in [0.5, 0.6) is 11.6 Å². The Bertz CT molecular complexity index is 772. The highest BCUT2D eigenvalue weighted by Gasteiger charge is 2.35. The lowest BCUT2D eigenvalue weighted by Crippen LogP contribution is -2.33. The van der Waals surface area contributed by atoms with Crippen molar-refractivity contribution in [1.82, 2.24) is 9.88 Å². The molecule has 1 aliphatic heterocycles. The van der Waals surface area contributed by atoms with Crippen molar-refractivity contribution >= 4 is 5.91 Å². The highest BCUT2D eigenvalue weighted by molar-refractivity contribution is 5.79. The number of ether oxygens (including phenoxy) is 1. The fourth-order valence-electron chi connectivity index (χ4n) is 2.78. The monoisotopic (exact) mass is 348 g/mol. The summed E-state index contributed by atoms with van der Waals surface area (Å²) in [5.41, 5.74) is 1.18. The molecule has 0 bridgehead atoms. The van der Waals surface area contributed by atoms with Crippen LogP contribution in [0.2, 0.25) is 0 Å². The van der Waals surface area contributed by atoms with Crippen LogP contribution >= 0.6 is 0 Å². The first-order chi connectivity index (χ1) is 11.8. The van der Waals surface area contributed by atoms with Crippen LogP contribution in [0.4, 0.5) is 8.78 Å². The smallest absolute Gasteiger partial charge is 0.225 e. The van der Waals surface area contributed by atoms with Gasteiger partial charge in [-0.25, -0.2) is 13.8 Å². The van der Waals surface area contributed by atoms with Crippen molar-refractivity contribution in [2.24, 2.45) is 0 Å². The van der Waals surface area contributed by atoms with Gasteiger partial charge in [0.2, 0.25) is 17.5 Å². The molecule has 132 valence electrons. The van der Waals surface area contributed by atoms with Crippen LogP contribution in [0.25, 0.3) is 0 Å². The van der Waals surface area contributed by atoms with Gasteiger partial charge >= 0.3 is 0 Å². The third-order valence-electron chi connectivity index (χ3n) is 4.25. The summed E-state index contributed by atoms with van der Waals surface area (Å²) in [6.07, 6.45) is 0.918. The minimum atomic E-state index is -0.797. The predicted octanol–water partition coefficient (Wildman–Crippen LogP) is 2.94. The number of rotatable bonds is 4. The largest absolute Gasteiger partial charge is 0.433 e. The first-order valence-electron chi connectivity index (χ1n) is 7.91. The lowest BCUT2D eigenvalue weighted by molar-refractivity contribution is -0.129. The number of halogens is 2. The third kappa shape index (κ3) is 3.61. The van der Waals surface area contributed by atoms with E-state index in [1.54, 1.807) is 24.8 Å². The number of carbonyl (C=O) groups excluding carboxylic acids is 1. The number of pyridine rings is 1. The number of aryl methyl sites for hydroxylation is 1. The summed E-state index contributed by atoms with van der Waals surface area (Å²) in [6, 6.07) is 5.24. The average molecular weight is 348 g/mol. The SMILES string of the molecule is Cc1cc(F)c(Oc2ccc(CN3C(=O)C[C@H](O)[C@@H]3C)cn2)c(F)c1. The summed E-state index contributed by atoms with van der Waals surface area (Å²) in [6.45, 7) is 3.67. The predicted molar refractivity (Wildman–Crippen MR) is 86.0 cm³/mol. The van der Waals surface area contributed by atoms with Crippen molar-refractivity contribution < 1.29 is 23.4 Å². The standard InChI is InChI=1S/C18H18F2N2O3/c1-10-5-13(19)18(14(20)6-10)25-16-4-3-12(8-21-16)9-22-11(2)15(23)7-17(22)24/h3-6,8,11,15,23H,7,9H2,1-2H3/t11-,15-/m0/s1. The summed E-state index contributed by atoms with van der Waals surface area (Å²) < 4.78 is 32.8. The molecule has 25 heavy (non-hydrogen) atoms. The minimum Gasteiger partial charge on any atom is -0.433 e. The Kier molecular flexibility index (Phi) is 4.67. The highest BCUT2D eigenvalue weighted by Crippen LogP contribution is 2.28. The maximum absolute atomic E-state index is 13.8. The van der Waals surface area contributed by atoms with E-state index in [1.165, 1.54) is 24.4 Å². The van der Waals surface area contributed by atoms with Gasteiger partial charge in [-0.15, -0.1) is 0 Å². The van der Waals surface area contributed by atoms with Gasteiger partial charge in [0.15, 0.2) is 11.6 Å². The van der Waals surface area contributed by atoms with E-state index in [9.17, 15) is 18.7 Å². The fourth-order valence-corrected chi connectivity index (χ4v) is 2.78. The number of aliphatic hydroxyl groups excluding tert-OH is 1. The summed E-state index contributed by atoms with van der Waals surface area (Å²) >= 11 is 0. The Labute approximate surface area is 143 Å². The van der Waals surface area contributed by atoms with Crippen LogP contribution in [-0.4, -0.2) is 33.0 Å². The third-order valence-corrected chi connectivity index (χ3v) is 4.25. The number of carbonyl (C=O) groups is 1. The molecule has 0 unspecified atom stereocenters. The Morgan fingerprint density at radius 3 is 2.52 bits per heavy atom. The molecule has 7 heteroatoms. The molecule has 2 heterocycles. The zero-order valence-corrected chi connectivity index (χ0v) is 13.9.